The number of methoxy groups -OCH3 is 1. The van der Waals surface area contributed by atoms with Crippen LogP contribution in [0.4, 0.5) is 0 Å². The van der Waals surface area contributed by atoms with Crippen LogP contribution in [0.1, 0.15) is 18.1 Å². The quantitative estimate of drug-likeness (QED) is 0.708. The van der Waals surface area contributed by atoms with E-state index < -0.39 is 0 Å². The molecule has 13 heavy (non-hydrogen) atoms. The molecular formula is C10H11ClOS. The molecule has 1 aromatic carbocycles. The number of hydrogen-bond acceptors (Lipinski definition) is 2. The second-order valence-corrected chi connectivity index (χ2v) is 4.62. The van der Waals surface area contributed by atoms with Crippen molar-refractivity contribution in [1.29, 1.82) is 0 Å². The maximum atomic E-state index is 5.93. The highest BCUT2D eigenvalue weighted by Gasteiger charge is 2.20. The zero-order valence-corrected chi connectivity index (χ0v) is 8.99. The van der Waals surface area contributed by atoms with E-state index in [9.17, 15) is 0 Å². The van der Waals surface area contributed by atoms with E-state index in [1.165, 1.54) is 10.5 Å². The van der Waals surface area contributed by atoms with Crippen LogP contribution in [0, 0.1) is 0 Å². The lowest BCUT2D eigenvalue weighted by Gasteiger charge is -2.23. The first-order valence-electron chi connectivity index (χ1n) is 4.26. The minimum atomic E-state index is 0.231. The van der Waals surface area contributed by atoms with Crippen molar-refractivity contribution >= 4 is 23.4 Å². The topological polar surface area (TPSA) is 9.23 Å². The van der Waals surface area contributed by atoms with Crippen molar-refractivity contribution in [3.8, 4) is 0 Å². The first-order chi connectivity index (χ1) is 6.31. The van der Waals surface area contributed by atoms with E-state index >= 15 is 0 Å². The van der Waals surface area contributed by atoms with E-state index in [1.807, 2.05) is 23.9 Å². The van der Waals surface area contributed by atoms with Gasteiger partial charge >= 0.3 is 0 Å². The van der Waals surface area contributed by atoms with Crippen LogP contribution in [-0.4, -0.2) is 12.9 Å². The molecular weight excluding hydrogens is 204 g/mol. The Labute approximate surface area is 87.4 Å². The van der Waals surface area contributed by atoms with Crippen molar-refractivity contribution < 1.29 is 4.74 Å². The summed E-state index contributed by atoms with van der Waals surface area (Å²) in [5.74, 6) is 1.13. The lowest BCUT2D eigenvalue weighted by atomic mass is 10.1. The molecule has 0 aromatic heterocycles. The Hall–Kier alpha value is -0.180. The van der Waals surface area contributed by atoms with Gasteiger partial charge in [0.25, 0.3) is 0 Å². The van der Waals surface area contributed by atoms with Crippen LogP contribution in [0.15, 0.2) is 23.1 Å². The van der Waals surface area contributed by atoms with Gasteiger partial charge in [-0.15, -0.1) is 11.8 Å². The molecule has 0 radical (unpaired) electrons. The van der Waals surface area contributed by atoms with Crippen molar-refractivity contribution in [2.75, 3.05) is 12.9 Å². The van der Waals surface area contributed by atoms with Gasteiger partial charge in [0.1, 0.15) is 0 Å². The largest absolute Gasteiger partial charge is 0.377 e. The average Bonchev–Trinajstić information content (AvgIpc) is 2.17. The highest BCUT2D eigenvalue weighted by molar-refractivity contribution is 7.99. The highest BCUT2D eigenvalue weighted by Crippen LogP contribution is 2.38. The predicted octanol–water partition coefficient (Wildman–Crippen LogP) is 3.52. The maximum Gasteiger partial charge on any atom is 0.0840 e. The first kappa shape index (κ1) is 9.38. The Morgan fingerprint density at radius 2 is 2.38 bits per heavy atom. The Morgan fingerprint density at radius 3 is 3.15 bits per heavy atom. The van der Waals surface area contributed by atoms with Crippen molar-refractivity contribution in [3.63, 3.8) is 0 Å². The average molecular weight is 215 g/mol. The molecule has 2 rings (SSSR count). The van der Waals surface area contributed by atoms with E-state index in [0.29, 0.717) is 0 Å². The summed E-state index contributed by atoms with van der Waals surface area (Å²) >= 11 is 7.81. The Bertz CT molecular complexity index is 314. The minimum Gasteiger partial charge on any atom is -0.377 e. The van der Waals surface area contributed by atoms with Crippen LogP contribution in [0.3, 0.4) is 0 Å². The standard InChI is InChI=1S/C10H11ClOS/c1-12-9-4-5-13-10-3-2-7(11)6-8(9)10/h2-3,6,9H,4-5H2,1H3. The molecule has 0 aliphatic carbocycles. The molecule has 3 heteroatoms. The molecule has 0 fully saturated rings. The van der Waals surface area contributed by atoms with E-state index in [2.05, 4.69) is 6.07 Å². The summed E-state index contributed by atoms with van der Waals surface area (Å²) < 4.78 is 5.40. The summed E-state index contributed by atoms with van der Waals surface area (Å²) in [6.45, 7) is 0. The molecule has 1 heterocycles. The fraction of sp³-hybridized carbons (Fsp3) is 0.400. The number of ether oxygens (including phenoxy) is 1. The van der Waals surface area contributed by atoms with Gasteiger partial charge in [-0.3, -0.25) is 0 Å². The smallest absolute Gasteiger partial charge is 0.0840 e. The number of benzene rings is 1. The summed E-state index contributed by atoms with van der Waals surface area (Å²) in [5.41, 5.74) is 1.24. The summed E-state index contributed by atoms with van der Waals surface area (Å²) in [5, 5.41) is 0.795. The molecule has 0 bridgehead atoms. The SMILES string of the molecule is COC1CCSc2ccc(Cl)cc21. The summed E-state index contributed by atoms with van der Waals surface area (Å²) in [7, 11) is 1.76. The Balaban J connectivity index is 2.41. The van der Waals surface area contributed by atoms with Crippen molar-refractivity contribution in [2.24, 2.45) is 0 Å². The molecule has 1 nitrogen and oxygen atoms in total. The maximum absolute atomic E-state index is 5.93. The molecule has 0 N–H and O–H groups in total. The molecule has 1 atom stereocenters. The van der Waals surface area contributed by atoms with E-state index in [1.54, 1.807) is 7.11 Å². The molecule has 0 amide bonds. The van der Waals surface area contributed by atoms with Crippen molar-refractivity contribution in [1.82, 2.24) is 0 Å². The van der Waals surface area contributed by atoms with Gasteiger partial charge < -0.3 is 4.74 Å². The number of thioether (sulfide) groups is 1. The number of fused-ring (bicyclic) bond motifs is 1. The third kappa shape index (κ3) is 1.85. The van der Waals surface area contributed by atoms with Gasteiger partial charge in [0.2, 0.25) is 0 Å². The lowest BCUT2D eigenvalue weighted by Crippen LogP contribution is -2.08. The van der Waals surface area contributed by atoms with Gasteiger partial charge in [-0.2, -0.15) is 0 Å². The highest BCUT2D eigenvalue weighted by atomic mass is 35.5. The van der Waals surface area contributed by atoms with E-state index in [4.69, 9.17) is 16.3 Å². The van der Waals surface area contributed by atoms with Crippen LogP contribution in [-0.2, 0) is 4.74 Å². The molecule has 70 valence electrons. The predicted molar refractivity (Wildman–Crippen MR) is 56.5 cm³/mol. The third-order valence-electron chi connectivity index (χ3n) is 2.24. The Morgan fingerprint density at radius 1 is 1.54 bits per heavy atom. The van der Waals surface area contributed by atoms with Crippen molar-refractivity contribution in [2.45, 2.75) is 17.4 Å². The lowest BCUT2D eigenvalue weighted by molar-refractivity contribution is 0.0974. The first-order valence-corrected chi connectivity index (χ1v) is 5.62. The van der Waals surface area contributed by atoms with Gasteiger partial charge in [0, 0.05) is 22.8 Å². The zero-order chi connectivity index (χ0) is 9.26. The molecule has 0 spiro atoms. The van der Waals surface area contributed by atoms with Crippen LogP contribution < -0.4 is 0 Å². The number of hydrogen-bond donors (Lipinski definition) is 0. The molecule has 1 aliphatic heterocycles. The van der Waals surface area contributed by atoms with Crippen LogP contribution >= 0.6 is 23.4 Å². The summed E-state index contributed by atoms with van der Waals surface area (Å²) in [4.78, 5) is 1.31. The van der Waals surface area contributed by atoms with Crippen molar-refractivity contribution in [3.05, 3.63) is 28.8 Å². The molecule has 1 unspecified atom stereocenters. The van der Waals surface area contributed by atoms with Gasteiger partial charge in [-0.25, -0.2) is 0 Å². The molecule has 0 saturated carbocycles. The minimum absolute atomic E-state index is 0.231. The van der Waals surface area contributed by atoms with Gasteiger partial charge in [0.15, 0.2) is 0 Å². The second-order valence-electron chi connectivity index (χ2n) is 3.04. The summed E-state index contributed by atoms with van der Waals surface area (Å²) in [6, 6.07) is 6.02. The fourth-order valence-electron chi connectivity index (χ4n) is 1.58. The monoisotopic (exact) mass is 214 g/mol. The molecule has 1 aromatic rings. The fourth-order valence-corrected chi connectivity index (χ4v) is 2.83. The number of rotatable bonds is 1. The van der Waals surface area contributed by atoms with Crippen LogP contribution in [0.2, 0.25) is 5.02 Å². The normalized spacial score (nSPS) is 21.2. The van der Waals surface area contributed by atoms with E-state index in [0.717, 1.165) is 17.2 Å². The zero-order valence-electron chi connectivity index (χ0n) is 7.42. The van der Waals surface area contributed by atoms with Gasteiger partial charge in [-0.05, 0) is 30.2 Å². The Kier molecular flexibility index (Phi) is 2.82. The molecule has 0 saturated heterocycles. The number of halogens is 1. The third-order valence-corrected chi connectivity index (χ3v) is 3.60. The van der Waals surface area contributed by atoms with Gasteiger partial charge in [0.05, 0.1) is 6.10 Å². The van der Waals surface area contributed by atoms with E-state index in [-0.39, 0.29) is 6.10 Å². The second kappa shape index (κ2) is 3.91. The van der Waals surface area contributed by atoms with Crippen LogP contribution in [0.5, 0.6) is 0 Å². The molecule has 1 aliphatic rings. The van der Waals surface area contributed by atoms with Crippen LogP contribution in [0.25, 0.3) is 0 Å². The van der Waals surface area contributed by atoms with Gasteiger partial charge in [-0.1, -0.05) is 11.6 Å². The summed E-state index contributed by atoms with van der Waals surface area (Å²) in [6.07, 6.45) is 1.31.